The number of benzene rings is 2. The molecule has 8 heteroatoms. The quantitative estimate of drug-likeness (QED) is 0.657. The number of methoxy groups -OCH3 is 1. The van der Waals surface area contributed by atoms with E-state index in [9.17, 15) is 14.4 Å². The minimum absolute atomic E-state index is 0.0402. The van der Waals surface area contributed by atoms with Crippen molar-refractivity contribution in [3.63, 3.8) is 0 Å². The number of likely N-dealkylation sites (tertiary alicyclic amines) is 2. The van der Waals surface area contributed by atoms with Crippen LogP contribution in [0.25, 0.3) is 0 Å². The summed E-state index contributed by atoms with van der Waals surface area (Å²) >= 11 is 0. The third kappa shape index (κ3) is 4.46. The molecule has 0 N–H and O–H groups in total. The van der Waals surface area contributed by atoms with Crippen molar-refractivity contribution in [2.75, 3.05) is 39.9 Å². The van der Waals surface area contributed by atoms with E-state index in [-0.39, 0.29) is 24.3 Å². The molecule has 2 aromatic carbocycles. The molecule has 5 rings (SSSR count). The van der Waals surface area contributed by atoms with Crippen LogP contribution in [0.1, 0.15) is 52.0 Å². The van der Waals surface area contributed by atoms with Crippen molar-refractivity contribution in [3.05, 3.63) is 65.2 Å². The van der Waals surface area contributed by atoms with Gasteiger partial charge in [-0.3, -0.25) is 19.3 Å². The maximum Gasteiger partial charge on any atom is 0.256 e. The van der Waals surface area contributed by atoms with Gasteiger partial charge in [-0.2, -0.15) is 0 Å². The summed E-state index contributed by atoms with van der Waals surface area (Å²) in [6.45, 7) is 4.47. The van der Waals surface area contributed by atoms with Gasteiger partial charge in [0.2, 0.25) is 5.91 Å². The zero-order valence-corrected chi connectivity index (χ0v) is 20.9. The van der Waals surface area contributed by atoms with Crippen molar-refractivity contribution < 1.29 is 23.9 Å². The van der Waals surface area contributed by atoms with Crippen molar-refractivity contribution >= 4 is 17.7 Å². The molecule has 0 radical (unpaired) electrons. The second kappa shape index (κ2) is 9.93. The molecule has 2 aromatic rings. The fourth-order valence-electron chi connectivity index (χ4n) is 5.51. The Balaban J connectivity index is 1.37. The molecule has 1 spiro atoms. The molecule has 3 aliphatic heterocycles. The van der Waals surface area contributed by atoms with Crippen LogP contribution in [0.2, 0.25) is 0 Å². The van der Waals surface area contributed by atoms with Crippen molar-refractivity contribution in [3.8, 4) is 5.75 Å². The van der Waals surface area contributed by atoms with Gasteiger partial charge in [-0.15, -0.1) is 0 Å². The Bertz CT molecular complexity index is 1120. The van der Waals surface area contributed by atoms with E-state index in [1.807, 2.05) is 36.1 Å². The van der Waals surface area contributed by atoms with E-state index in [2.05, 4.69) is 0 Å². The third-order valence-electron chi connectivity index (χ3n) is 7.65. The van der Waals surface area contributed by atoms with Crippen LogP contribution in [-0.2, 0) is 9.53 Å². The smallest absolute Gasteiger partial charge is 0.256 e. The monoisotopic (exact) mass is 491 g/mol. The standard InChI is InChI=1S/C28H33N3O5/c1-20-5-7-22(8-6-20)26(33)31-24(27(34)29-15-3-4-16-29)19-36-28(31)13-17-30(18-14-28)25(32)21-9-11-23(35-2)12-10-21/h5-12,24H,3-4,13-19H2,1-2H3/t24-/m0/s1. The van der Waals surface area contributed by atoms with E-state index >= 15 is 0 Å². The number of rotatable bonds is 4. The molecule has 190 valence electrons. The maximum atomic E-state index is 13.8. The van der Waals surface area contributed by atoms with E-state index in [4.69, 9.17) is 9.47 Å². The molecule has 0 aromatic heterocycles. The molecular formula is C28H33N3O5. The molecule has 3 fully saturated rings. The van der Waals surface area contributed by atoms with Gasteiger partial charge >= 0.3 is 0 Å². The lowest BCUT2D eigenvalue weighted by atomic mass is 9.95. The molecule has 3 amide bonds. The number of ether oxygens (including phenoxy) is 2. The summed E-state index contributed by atoms with van der Waals surface area (Å²) in [5, 5.41) is 0. The van der Waals surface area contributed by atoms with E-state index in [0.717, 1.165) is 31.5 Å². The minimum Gasteiger partial charge on any atom is -0.497 e. The summed E-state index contributed by atoms with van der Waals surface area (Å²) in [6.07, 6.45) is 2.88. The van der Waals surface area contributed by atoms with Gasteiger partial charge in [0, 0.05) is 50.1 Å². The van der Waals surface area contributed by atoms with Gasteiger partial charge in [0.15, 0.2) is 0 Å². The molecular weight excluding hydrogens is 458 g/mol. The van der Waals surface area contributed by atoms with Gasteiger partial charge in [-0.25, -0.2) is 0 Å². The molecule has 0 aliphatic carbocycles. The highest BCUT2D eigenvalue weighted by Crippen LogP contribution is 2.39. The summed E-state index contributed by atoms with van der Waals surface area (Å²) in [6, 6.07) is 13.8. The summed E-state index contributed by atoms with van der Waals surface area (Å²) in [4.78, 5) is 45.8. The fraction of sp³-hybridized carbons (Fsp3) is 0.464. The van der Waals surface area contributed by atoms with Crippen molar-refractivity contribution in [1.82, 2.24) is 14.7 Å². The van der Waals surface area contributed by atoms with E-state index in [0.29, 0.717) is 42.8 Å². The lowest BCUT2D eigenvalue weighted by Crippen LogP contribution is -2.60. The highest BCUT2D eigenvalue weighted by atomic mass is 16.5. The first-order valence-corrected chi connectivity index (χ1v) is 12.7. The number of piperidine rings is 1. The number of carbonyl (C=O) groups excluding carboxylic acids is 3. The number of hydrogen-bond donors (Lipinski definition) is 0. The zero-order chi connectivity index (χ0) is 25.3. The largest absolute Gasteiger partial charge is 0.497 e. The lowest BCUT2D eigenvalue weighted by Gasteiger charge is -2.44. The Morgan fingerprint density at radius 1 is 0.833 bits per heavy atom. The summed E-state index contributed by atoms with van der Waals surface area (Å²) < 4.78 is 11.5. The second-order valence-corrected chi connectivity index (χ2v) is 9.87. The summed E-state index contributed by atoms with van der Waals surface area (Å²) in [7, 11) is 1.59. The highest BCUT2D eigenvalue weighted by molar-refractivity contribution is 5.99. The number of hydrogen-bond acceptors (Lipinski definition) is 5. The molecule has 3 aliphatic rings. The Morgan fingerprint density at radius 2 is 1.42 bits per heavy atom. The first-order chi connectivity index (χ1) is 17.4. The second-order valence-electron chi connectivity index (χ2n) is 9.87. The van der Waals surface area contributed by atoms with Crippen LogP contribution in [0.5, 0.6) is 5.75 Å². The van der Waals surface area contributed by atoms with Crippen LogP contribution < -0.4 is 4.74 Å². The van der Waals surface area contributed by atoms with Gasteiger partial charge in [-0.1, -0.05) is 17.7 Å². The Kier molecular flexibility index (Phi) is 6.71. The van der Waals surface area contributed by atoms with Gasteiger partial charge in [-0.05, 0) is 56.2 Å². The Morgan fingerprint density at radius 3 is 2.03 bits per heavy atom. The first kappa shape index (κ1) is 24.3. The van der Waals surface area contributed by atoms with Gasteiger partial charge in [0.1, 0.15) is 17.5 Å². The number of aryl methyl sites for hydroxylation is 1. The van der Waals surface area contributed by atoms with Gasteiger partial charge < -0.3 is 19.3 Å². The van der Waals surface area contributed by atoms with Gasteiger partial charge in [0.05, 0.1) is 13.7 Å². The molecule has 3 saturated heterocycles. The van der Waals surface area contributed by atoms with Crippen LogP contribution in [0.15, 0.2) is 48.5 Å². The molecule has 1 atom stereocenters. The zero-order valence-electron chi connectivity index (χ0n) is 20.9. The molecule has 3 heterocycles. The average Bonchev–Trinajstić information content (AvgIpc) is 3.58. The predicted molar refractivity (Wildman–Crippen MR) is 134 cm³/mol. The Hall–Kier alpha value is -3.39. The van der Waals surface area contributed by atoms with E-state index < -0.39 is 11.8 Å². The molecule has 0 unspecified atom stereocenters. The average molecular weight is 492 g/mol. The summed E-state index contributed by atoms with van der Waals surface area (Å²) in [5.74, 6) is 0.399. The molecule has 0 bridgehead atoms. The van der Waals surface area contributed by atoms with Crippen LogP contribution >= 0.6 is 0 Å². The topological polar surface area (TPSA) is 79.4 Å². The van der Waals surface area contributed by atoms with Crippen LogP contribution in [0.3, 0.4) is 0 Å². The minimum atomic E-state index is -0.904. The number of carbonyl (C=O) groups is 3. The van der Waals surface area contributed by atoms with Crippen molar-refractivity contribution in [2.45, 2.75) is 44.4 Å². The highest BCUT2D eigenvalue weighted by Gasteiger charge is 2.55. The van der Waals surface area contributed by atoms with Gasteiger partial charge in [0.25, 0.3) is 11.8 Å². The van der Waals surface area contributed by atoms with Crippen LogP contribution in [0, 0.1) is 6.92 Å². The predicted octanol–water partition coefficient (Wildman–Crippen LogP) is 3.10. The lowest BCUT2D eigenvalue weighted by molar-refractivity contribution is -0.136. The summed E-state index contributed by atoms with van der Waals surface area (Å²) in [5.41, 5.74) is 1.29. The van der Waals surface area contributed by atoms with Crippen LogP contribution in [0.4, 0.5) is 0 Å². The maximum absolute atomic E-state index is 13.8. The number of nitrogens with zero attached hydrogens (tertiary/aromatic N) is 3. The van der Waals surface area contributed by atoms with Crippen molar-refractivity contribution in [1.29, 1.82) is 0 Å². The van der Waals surface area contributed by atoms with E-state index in [1.54, 1.807) is 41.2 Å². The molecule has 0 saturated carbocycles. The normalized spacial score (nSPS) is 21.2. The number of amides is 3. The SMILES string of the molecule is COc1ccc(C(=O)N2CCC3(CC2)OC[C@@H](C(=O)N2CCCC2)N3C(=O)c2ccc(C)cc2)cc1. The van der Waals surface area contributed by atoms with Crippen molar-refractivity contribution in [2.24, 2.45) is 0 Å². The first-order valence-electron chi connectivity index (χ1n) is 12.7. The van der Waals surface area contributed by atoms with Crippen LogP contribution in [-0.4, -0.2) is 84.1 Å². The fourth-order valence-corrected chi connectivity index (χ4v) is 5.51. The molecule has 8 nitrogen and oxygen atoms in total. The third-order valence-corrected chi connectivity index (χ3v) is 7.65. The van der Waals surface area contributed by atoms with E-state index in [1.165, 1.54) is 0 Å². The Labute approximate surface area is 211 Å². The molecule has 36 heavy (non-hydrogen) atoms.